The molecule has 0 atom stereocenters. The Bertz CT molecular complexity index is 644. The Kier molecular flexibility index (Phi) is 4.30. The topological polar surface area (TPSA) is 50.2 Å². The summed E-state index contributed by atoms with van der Waals surface area (Å²) in [6, 6.07) is 4.97. The summed E-state index contributed by atoms with van der Waals surface area (Å²) in [6.45, 7) is 0. The molecule has 0 saturated heterocycles. The van der Waals surface area contributed by atoms with Crippen LogP contribution in [0.2, 0.25) is 15.1 Å². The van der Waals surface area contributed by atoms with Crippen LogP contribution in [0.25, 0.3) is 11.1 Å². The Hall–Kier alpha value is -1.29. The molecule has 0 aliphatic heterocycles. The minimum Gasteiger partial charge on any atom is -0.481 e. The quantitative estimate of drug-likeness (QED) is 0.916. The van der Waals surface area contributed by atoms with Crippen molar-refractivity contribution in [3.63, 3.8) is 0 Å². The van der Waals surface area contributed by atoms with E-state index < -0.39 is 5.97 Å². The molecule has 0 bridgehead atoms. The Balaban J connectivity index is 2.61. The van der Waals surface area contributed by atoms with Crippen LogP contribution in [0.1, 0.15) is 5.56 Å². The number of hydrogen-bond acceptors (Lipinski definition) is 2. The number of benzene rings is 1. The van der Waals surface area contributed by atoms with E-state index in [1.807, 2.05) is 0 Å². The fraction of sp³-hybridized carbons (Fsp3) is 0.0769. The first-order valence-electron chi connectivity index (χ1n) is 5.28. The third-order valence-electron chi connectivity index (χ3n) is 2.55. The Morgan fingerprint density at radius 2 is 1.84 bits per heavy atom. The second-order valence-electron chi connectivity index (χ2n) is 3.84. The minimum atomic E-state index is -0.973. The van der Waals surface area contributed by atoms with Crippen LogP contribution in [-0.2, 0) is 11.2 Å². The van der Waals surface area contributed by atoms with Crippen molar-refractivity contribution < 1.29 is 9.90 Å². The second kappa shape index (κ2) is 5.78. The Labute approximate surface area is 124 Å². The number of pyridine rings is 1. The van der Waals surface area contributed by atoms with Gasteiger partial charge in [-0.1, -0.05) is 40.9 Å². The average molecular weight is 317 g/mol. The maximum Gasteiger partial charge on any atom is 0.307 e. The molecule has 2 aromatic rings. The number of aliphatic carboxylic acids is 1. The van der Waals surface area contributed by atoms with Crippen molar-refractivity contribution in [2.45, 2.75) is 6.42 Å². The van der Waals surface area contributed by atoms with Gasteiger partial charge in [0.1, 0.15) is 0 Å². The number of rotatable bonds is 3. The van der Waals surface area contributed by atoms with Crippen LogP contribution >= 0.6 is 34.8 Å². The van der Waals surface area contributed by atoms with Gasteiger partial charge in [-0.05, 0) is 17.7 Å². The van der Waals surface area contributed by atoms with E-state index in [2.05, 4.69) is 4.98 Å². The van der Waals surface area contributed by atoms with E-state index in [4.69, 9.17) is 39.9 Å². The highest BCUT2D eigenvalue weighted by Crippen LogP contribution is 2.34. The molecular weight excluding hydrogens is 309 g/mol. The maximum atomic E-state index is 10.9. The molecule has 0 fully saturated rings. The fourth-order valence-electron chi connectivity index (χ4n) is 1.73. The zero-order valence-electron chi connectivity index (χ0n) is 9.53. The van der Waals surface area contributed by atoms with E-state index in [0.29, 0.717) is 31.8 Å². The third kappa shape index (κ3) is 3.18. The molecule has 19 heavy (non-hydrogen) atoms. The Morgan fingerprint density at radius 3 is 2.47 bits per heavy atom. The first-order chi connectivity index (χ1) is 8.99. The molecule has 1 aromatic heterocycles. The van der Waals surface area contributed by atoms with Gasteiger partial charge >= 0.3 is 5.97 Å². The highest BCUT2D eigenvalue weighted by molar-refractivity contribution is 6.36. The zero-order chi connectivity index (χ0) is 14.0. The molecule has 6 heteroatoms. The molecule has 0 amide bonds. The van der Waals surface area contributed by atoms with E-state index in [0.717, 1.165) is 0 Å². The summed E-state index contributed by atoms with van der Waals surface area (Å²) in [5, 5.41) is 10.2. The normalized spacial score (nSPS) is 10.5. The summed E-state index contributed by atoms with van der Waals surface area (Å²) in [4.78, 5) is 14.9. The third-order valence-corrected chi connectivity index (χ3v) is 3.43. The van der Waals surface area contributed by atoms with Gasteiger partial charge in [0.2, 0.25) is 0 Å². The molecule has 0 aliphatic rings. The molecule has 2 rings (SSSR count). The van der Waals surface area contributed by atoms with Crippen molar-refractivity contribution in [1.82, 2.24) is 4.98 Å². The second-order valence-corrected chi connectivity index (χ2v) is 5.09. The van der Waals surface area contributed by atoms with Gasteiger partial charge in [0.25, 0.3) is 0 Å². The average Bonchev–Trinajstić information content (AvgIpc) is 2.32. The van der Waals surface area contributed by atoms with Gasteiger partial charge in [0, 0.05) is 33.6 Å². The number of halogens is 3. The van der Waals surface area contributed by atoms with Crippen molar-refractivity contribution in [3.8, 4) is 11.1 Å². The summed E-state index contributed by atoms with van der Waals surface area (Å²) in [6.07, 6.45) is 2.75. The van der Waals surface area contributed by atoms with Crippen LogP contribution in [0.5, 0.6) is 0 Å². The van der Waals surface area contributed by atoms with Gasteiger partial charge in [-0.2, -0.15) is 0 Å². The van der Waals surface area contributed by atoms with Crippen LogP contribution < -0.4 is 0 Å². The molecule has 1 aromatic carbocycles. The van der Waals surface area contributed by atoms with Crippen LogP contribution in [0.3, 0.4) is 0 Å². The number of carbonyl (C=O) groups is 1. The van der Waals surface area contributed by atoms with Crippen LogP contribution in [-0.4, -0.2) is 16.1 Å². The Morgan fingerprint density at radius 1 is 1.11 bits per heavy atom. The lowest BCUT2D eigenvalue weighted by Gasteiger charge is -2.11. The molecule has 1 heterocycles. The molecule has 1 N–H and O–H groups in total. The number of aromatic nitrogens is 1. The fourth-order valence-corrected chi connectivity index (χ4v) is 2.47. The molecule has 0 radical (unpaired) electrons. The predicted octanol–water partition coefficient (Wildman–Crippen LogP) is 4.34. The SMILES string of the molecule is O=C(O)Cc1c(Cl)cncc1-c1ccc(Cl)cc1Cl. The maximum absolute atomic E-state index is 10.9. The van der Waals surface area contributed by atoms with E-state index in [9.17, 15) is 4.79 Å². The van der Waals surface area contributed by atoms with Crippen LogP contribution in [0.4, 0.5) is 0 Å². The van der Waals surface area contributed by atoms with E-state index in [1.54, 1.807) is 24.4 Å². The van der Waals surface area contributed by atoms with Crippen molar-refractivity contribution in [2.75, 3.05) is 0 Å². The standard InChI is InChI=1S/C13H8Cl3NO2/c14-7-1-2-8(11(15)3-7)10-5-17-6-12(16)9(10)4-13(18)19/h1-3,5-6H,4H2,(H,18,19). The van der Waals surface area contributed by atoms with Crippen molar-refractivity contribution in [2.24, 2.45) is 0 Å². The summed E-state index contributed by atoms with van der Waals surface area (Å²) >= 11 is 18.0. The van der Waals surface area contributed by atoms with Crippen LogP contribution in [0, 0.1) is 0 Å². The van der Waals surface area contributed by atoms with E-state index >= 15 is 0 Å². The summed E-state index contributed by atoms with van der Waals surface area (Å²) < 4.78 is 0. The van der Waals surface area contributed by atoms with Gasteiger partial charge in [0.15, 0.2) is 0 Å². The first kappa shape index (κ1) is 14.1. The van der Waals surface area contributed by atoms with Gasteiger partial charge in [-0.25, -0.2) is 0 Å². The highest BCUT2D eigenvalue weighted by atomic mass is 35.5. The van der Waals surface area contributed by atoms with Gasteiger partial charge in [0.05, 0.1) is 11.4 Å². The van der Waals surface area contributed by atoms with Gasteiger partial charge in [-0.3, -0.25) is 9.78 Å². The van der Waals surface area contributed by atoms with Crippen molar-refractivity contribution >= 4 is 40.8 Å². The number of carboxylic acid groups (broad SMARTS) is 1. The van der Waals surface area contributed by atoms with E-state index in [-0.39, 0.29) is 6.42 Å². The molecule has 0 saturated carbocycles. The highest BCUT2D eigenvalue weighted by Gasteiger charge is 2.15. The molecule has 98 valence electrons. The van der Waals surface area contributed by atoms with Crippen molar-refractivity contribution in [3.05, 3.63) is 51.2 Å². The van der Waals surface area contributed by atoms with Crippen molar-refractivity contribution in [1.29, 1.82) is 0 Å². The molecular formula is C13H8Cl3NO2. The number of carboxylic acids is 1. The lowest BCUT2D eigenvalue weighted by Crippen LogP contribution is -2.03. The zero-order valence-corrected chi connectivity index (χ0v) is 11.8. The number of nitrogens with zero attached hydrogens (tertiary/aromatic N) is 1. The lowest BCUT2D eigenvalue weighted by atomic mass is 10.00. The van der Waals surface area contributed by atoms with Crippen LogP contribution in [0.15, 0.2) is 30.6 Å². The summed E-state index contributed by atoms with van der Waals surface area (Å²) in [7, 11) is 0. The van der Waals surface area contributed by atoms with E-state index in [1.165, 1.54) is 6.20 Å². The number of hydrogen-bond donors (Lipinski definition) is 1. The van der Waals surface area contributed by atoms with Gasteiger partial charge < -0.3 is 5.11 Å². The largest absolute Gasteiger partial charge is 0.481 e. The molecule has 0 aliphatic carbocycles. The lowest BCUT2D eigenvalue weighted by molar-refractivity contribution is -0.136. The summed E-state index contributed by atoms with van der Waals surface area (Å²) in [5.41, 5.74) is 1.72. The monoisotopic (exact) mass is 315 g/mol. The first-order valence-corrected chi connectivity index (χ1v) is 6.42. The molecule has 3 nitrogen and oxygen atoms in total. The minimum absolute atomic E-state index is 0.199. The predicted molar refractivity (Wildman–Crippen MR) is 76.0 cm³/mol. The molecule has 0 unspecified atom stereocenters. The smallest absolute Gasteiger partial charge is 0.307 e. The summed E-state index contributed by atoms with van der Waals surface area (Å²) in [5.74, 6) is -0.973. The van der Waals surface area contributed by atoms with Gasteiger partial charge in [-0.15, -0.1) is 0 Å². The molecule has 0 spiro atoms.